The third kappa shape index (κ3) is 2.97. The van der Waals surface area contributed by atoms with Crippen molar-refractivity contribution in [3.05, 3.63) is 22.4 Å². The first kappa shape index (κ1) is 16.1. The molecule has 2 atom stereocenters. The van der Waals surface area contributed by atoms with Gasteiger partial charge < -0.3 is 14.5 Å². The fraction of sp³-hybridized carbons (Fsp3) is 0.667. The molecule has 4 heterocycles. The minimum absolute atomic E-state index is 0.129. The number of nitrogens with zero attached hydrogens (tertiary/aromatic N) is 2. The molecule has 0 aromatic carbocycles. The van der Waals surface area contributed by atoms with Crippen LogP contribution in [0.25, 0.3) is 0 Å². The molecule has 6 heteroatoms. The van der Waals surface area contributed by atoms with E-state index in [4.69, 9.17) is 4.74 Å². The average Bonchev–Trinajstić information content (AvgIpc) is 3.27. The van der Waals surface area contributed by atoms with E-state index in [1.807, 2.05) is 21.7 Å². The topological polar surface area (TPSA) is 49.9 Å². The van der Waals surface area contributed by atoms with E-state index in [-0.39, 0.29) is 23.9 Å². The lowest BCUT2D eigenvalue weighted by Gasteiger charge is -2.41. The van der Waals surface area contributed by atoms with Gasteiger partial charge in [-0.05, 0) is 43.0 Å². The molecule has 2 amide bonds. The Labute approximate surface area is 146 Å². The van der Waals surface area contributed by atoms with Crippen molar-refractivity contribution >= 4 is 23.2 Å². The van der Waals surface area contributed by atoms with Gasteiger partial charge in [0.15, 0.2) is 0 Å². The molecule has 0 saturated carbocycles. The molecule has 0 bridgehead atoms. The van der Waals surface area contributed by atoms with Gasteiger partial charge in [-0.1, -0.05) is 0 Å². The highest BCUT2D eigenvalue weighted by Crippen LogP contribution is 2.34. The first-order chi connectivity index (χ1) is 11.7. The van der Waals surface area contributed by atoms with Crippen LogP contribution in [0.2, 0.25) is 0 Å². The number of ether oxygens (including phenoxy) is 1. The standard InChI is InChI=1S/C18H24N2O3S/c21-17-2-1-15-16(20(17)11-13-4-8-23-9-5-13)3-7-19(15)18(22)14-6-10-24-12-14/h6,10,12-13,15-16H,1-5,7-9,11H2/t15-,16-/m1/s1. The van der Waals surface area contributed by atoms with Crippen LogP contribution in [0, 0.1) is 5.92 Å². The van der Waals surface area contributed by atoms with Crippen molar-refractivity contribution in [2.45, 2.75) is 44.2 Å². The third-order valence-corrected chi connectivity index (χ3v) is 6.39. The highest BCUT2D eigenvalue weighted by atomic mass is 32.1. The Morgan fingerprint density at radius 1 is 1.21 bits per heavy atom. The molecule has 0 radical (unpaired) electrons. The Hall–Kier alpha value is -1.40. The molecule has 1 aromatic heterocycles. The molecule has 3 aliphatic heterocycles. The molecule has 3 aliphatic rings. The van der Waals surface area contributed by atoms with Crippen LogP contribution >= 0.6 is 11.3 Å². The van der Waals surface area contributed by atoms with Gasteiger partial charge in [-0.15, -0.1) is 0 Å². The van der Waals surface area contributed by atoms with E-state index in [9.17, 15) is 9.59 Å². The van der Waals surface area contributed by atoms with E-state index in [1.165, 1.54) is 0 Å². The summed E-state index contributed by atoms with van der Waals surface area (Å²) in [5, 5.41) is 3.87. The maximum absolute atomic E-state index is 12.8. The maximum atomic E-state index is 12.8. The van der Waals surface area contributed by atoms with E-state index >= 15 is 0 Å². The molecule has 24 heavy (non-hydrogen) atoms. The molecule has 0 spiro atoms. The fourth-order valence-corrected chi connectivity index (χ4v) is 5.03. The van der Waals surface area contributed by atoms with Crippen LogP contribution in [-0.2, 0) is 9.53 Å². The molecule has 0 unspecified atom stereocenters. The summed E-state index contributed by atoms with van der Waals surface area (Å²) in [6.45, 7) is 3.22. The fourth-order valence-electron chi connectivity index (χ4n) is 4.40. The summed E-state index contributed by atoms with van der Waals surface area (Å²) in [6.07, 6.45) is 4.37. The Morgan fingerprint density at radius 3 is 2.79 bits per heavy atom. The van der Waals surface area contributed by atoms with Crippen molar-refractivity contribution < 1.29 is 14.3 Å². The Balaban J connectivity index is 1.47. The van der Waals surface area contributed by atoms with Gasteiger partial charge in [0.05, 0.1) is 17.6 Å². The Bertz CT molecular complexity index is 597. The molecule has 3 saturated heterocycles. The van der Waals surface area contributed by atoms with E-state index in [1.54, 1.807) is 11.3 Å². The van der Waals surface area contributed by atoms with Gasteiger partial charge in [0, 0.05) is 38.1 Å². The van der Waals surface area contributed by atoms with Crippen molar-refractivity contribution in [2.75, 3.05) is 26.3 Å². The molecule has 0 aliphatic carbocycles. The van der Waals surface area contributed by atoms with Crippen LogP contribution in [0.4, 0.5) is 0 Å². The molecule has 5 nitrogen and oxygen atoms in total. The largest absolute Gasteiger partial charge is 0.381 e. The van der Waals surface area contributed by atoms with Gasteiger partial charge in [0.1, 0.15) is 0 Å². The summed E-state index contributed by atoms with van der Waals surface area (Å²) in [5.74, 6) is 0.944. The summed E-state index contributed by atoms with van der Waals surface area (Å²) >= 11 is 1.56. The number of likely N-dealkylation sites (tertiary alicyclic amines) is 2. The van der Waals surface area contributed by atoms with Gasteiger partial charge in [0.25, 0.3) is 5.91 Å². The highest BCUT2D eigenvalue weighted by Gasteiger charge is 2.45. The van der Waals surface area contributed by atoms with E-state index in [2.05, 4.69) is 4.90 Å². The first-order valence-corrected chi connectivity index (χ1v) is 9.88. The third-order valence-electron chi connectivity index (χ3n) is 5.71. The number of hydrogen-bond donors (Lipinski definition) is 0. The summed E-state index contributed by atoms with van der Waals surface area (Å²) < 4.78 is 5.44. The van der Waals surface area contributed by atoms with Crippen molar-refractivity contribution in [1.29, 1.82) is 0 Å². The summed E-state index contributed by atoms with van der Waals surface area (Å²) in [4.78, 5) is 29.4. The maximum Gasteiger partial charge on any atom is 0.255 e. The van der Waals surface area contributed by atoms with E-state index < -0.39 is 0 Å². The summed E-state index contributed by atoms with van der Waals surface area (Å²) in [5.41, 5.74) is 0.786. The molecule has 3 fully saturated rings. The van der Waals surface area contributed by atoms with Gasteiger partial charge in [-0.2, -0.15) is 11.3 Å². The van der Waals surface area contributed by atoms with Crippen LogP contribution in [0.15, 0.2) is 16.8 Å². The molecule has 4 rings (SSSR count). The number of hydrogen-bond acceptors (Lipinski definition) is 4. The predicted molar refractivity (Wildman–Crippen MR) is 92.0 cm³/mol. The SMILES string of the molecule is O=C1CC[C@@H]2[C@@H](CCN2C(=O)c2ccsc2)N1CC1CCOCC1. The van der Waals surface area contributed by atoms with Crippen LogP contribution in [0.1, 0.15) is 42.5 Å². The summed E-state index contributed by atoms with van der Waals surface area (Å²) in [7, 11) is 0. The smallest absolute Gasteiger partial charge is 0.255 e. The number of amides is 2. The van der Waals surface area contributed by atoms with Crippen molar-refractivity contribution in [3.8, 4) is 0 Å². The molecule has 130 valence electrons. The normalized spacial score (nSPS) is 28.2. The van der Waals surface area contributed by atoms with Crippen molar-refractivity contribution in [2.24, 2.45) is 5.92 Å². The zero-order valence-corrected chi connectivity index (χ0v) is 14.7. The molecular weight excluding hydrogens is 324 g/mol. The second kappa shape index (κ2) is 6.84. The lowest BCUT2D eigenvalue weighted by Crippen LogP contribution is -2.54. The Kier molecular flexibility index (Phi) is 4.59. The second-order valence-electron chi connectivity index (χ2n) is 7.07. The first-order valence-electron chi connectivity index (χ1n) is 8.94. The van der Waals surface area contributed by atoms with Crippen molar-refractivity contribution in [1.82, 2.24) is 9.80 Å². The number of piperidine rings is 1. The van der Waals surface area contributed by atoms with Crippen LogP contribution < -0.4 is 0 Å². The number of thiophene rings is 1. The zero-order valence-electron chi connectivity index (χ0n) is 13.9. The lowest BCUT2D eigenvalue weighted by molar-refractivity contribution is -0.138. The minimum Gasteiger partial charge on any atom is -0.381 e. The number of rotatable bonds is 3. The number of carbonyl (C=O) groups excluding carboxylic acids is 2. The van der Waals surface area contributed by atoms with Crippen LogP contribution in [0.5, 0.6) is 0 Å². The predicted octanol–water partition coefficient (Wildman–Crippen LogP) is 2.38. The van der Waals surface area contributed by atoms with E-state index in [0.717, 1.165) is 57.6 Å². The van der Waals surface area contributed by atoms with Gasteiger partial charge in [-0.3, -0.25) is 9.59 Å². The molecule has 0 N–H and O–H groups in total. The quantitative estimate of drug-likeness (QED) is 0.843. The summed E-state index contributed by atoms with van der Waals surface area (Å²) in [6, 6.07) is 2.29. The van der Waals surface area contributed by atoms with E-state index in [0.29, 0.717) is 12.3 Å². The molecule has 1 aromatic rings. The zero-order chi connectivity index (χ0) is 16.5. The molecular formula is C18H24N2O3S. The van der Waals surface area contributed by atoms with Gasteiger partial charge in [0.2, 0.25) is 5.91 Å². The monoisotopic (exact) mass is 348 g/mol. The lowest BCUT2D eigenvalue weighted by atomic mass is 9.92. The van der Waals surface area contributed by atoms with Crippen LogP contribution in [-0.4, -0.2) is 60.0 Å². The second-order valence-corrected chi connectivity index (χ2v) is 7.85. The highest BCUT2D eigenvalue weighted by molar-refractivity contribution is 7.08. The average molecular weight is 348 g/mol. The minimum atomic E-state index is 0.129. The van der Waals surface area contributed by atoms with Crippen molar-refractivity contribution in [3.63, 3.8) is 0 Å². The van der Waals surface area contributed by atoms with Gasteiger partial charge in [-0.25, -0.2) is 0 Å². The van der Waals surface area contributed by atoms with Crippen LogP contribution in [0.3, 0.4) is 0 Å². The number of carbonyl (C=O) groups is 2. The number of fused-ring (bicyclic) bond motifs is 1. The van der Waals surface area contributed by atoms with Gasteiger partial charge >= 0.3 is 0 Å². The Morgan fingerprint density at radius 2 is 2.04 bits per heavy atom.